The van der Waals surface area contributed by atoms with Crippen molar-refractivity contribution in [2.24, 2.45) is 0 Å². The fraction of sp³-hybridized carbons (Fsp3) is 0.500. The number of nitrogens with one attached hydrogen (secondary N) is 1. The Labute approximate surface area is 165 Å². The monoisotopic (exact) mass is 403 g/mol. The van der Waals surface area contributed by atoms with E-state index in [4.69, 9.17) is 4.74 Å². The molecule has 0 unspecified atom stereocenters. The predicted octanol–water partition coefficient (Wildman–Crippen LogP) is 2.64. The number of ether oxygens (including phenoxy) is 1. The molecule has 2 aliphatic heterocycles. The number of H-pyrrole nitrogens is 1. The van der Waals surface area contributed by atoms with Gasteiger partial charge in [0.15, 0.2) is 9.84 Å². The number of piperidine rings is 1. The van der Waals surface area contributed by atoms with Crippen molar-refractivity contribution in [3.05, 3.63) is 41.2 Å². The second kappa shape index (κ2) is 7.33. The van der Waals surface area contributed by atoms with Crippen LogP contribution in [0.3, 0.4) is 0 Å². The van der Waals surface area contributed by atoms with Crippen LogP contribution in [0.5, 0.6) is 5.75 Å². The van der Waals surface area contributed by atoms with E-state index in [1.807, 2.05) is 12.1 Å². The number of aromatic nitrogens is 2. The molecule has 2 aliphatic rings. The lowest BCUT2D eigenvalue weighted by atomic mass is 10.0. The lowest BCUT2D eigenvalue weighted by molar-refractivity contribution is 0.0609. The molecule has 1 aromatic heterocycles. The SMILES string of the molecule is Cc1n[nH]c(C)c1S(=O)(=O)CN1[C@@H]2CC[C@H]1C[C@H](Oc1ccc(C=O)cc1)C2. The molecule has 2 fully saturated rings. The molecule has 0 saturated carbocycles. The summed E-state index contributed by atoms with van der Waals surface area (Å²) in [6.07, 6.45) is 4.49. The van der Waals surface area contributed by atoms with Gasteiger partial charge in [0.2, 0.25) is 0 Å². The van der Waals surface area contributed by atoms with Gasteiger partial charge in [-0.05, 0) is 63.8 Å². The van der Waals surface area contributed by atoms with E-state index in [-0.39, 0.29) is 24.1 Å². The molecule has 0 amide bonds. The minimum atomic E-state index is -3.43. The summed E-state index contributed by atoms with van der Waals surface area (Å²) in [6.45, 7) is 3.47. The van der Waals surface area contributed by atoms with E-state index in [9.17, 15) is 13.2 Å². The van der Waals surface area contributed by atoms with Gasteiger partial charge in [0.05, 0.1) is 11.4 Å². The fourth-order valence-electron chi connectivity index (χ4n) is 4.61. The van der Waals surface area contributed by atoms with Gasteiger partial charge < -0.3 is 4.74 Å². The number of aromatic amines is 1. The summed E-state index contributed by atoms with van der Waals surface area (Å²) in [7, 11) is -3.43. The maximum absolute atomic E-state index is 13.0. The van der Waals surface area contributed by atoms with Gasteiger partial charge in [0, 0.05) is 17.6 Å². The van der Waals surface area contributed by atoms with Gasteiger partial charge in [0.25, 0.3) is 0 Å². The molecule has 0 aliphatic carbocycles. The largest absolute Gasteiger partial charge is 0.490 e. The number of hydrogen-bond acceptors (Lipinski definition) is 6. The van der Waals surface area contributed by atoms with E-state index in [2.05, 4.69) is 15.1 Å². The van der Waals surface area contributed by atoms with Crippen LogP contribution in [0.25, 0.3) is 0 Å². The molecule has 2 aromatic rings. The zero-order chi connectivity index (χ0) is 19.9. The Morgan fingerprint density at radius 2 is 1.82 bits per heavy atom. The summed E-state index contributed by atoms with van der Waals surface area (Å²) in [4.78, 5) is 13.2. The van der Waals surface area contributed by atoms with Gasteiger partial charge in [-0.1, -0.05) is 0 Å². The number of aldehydes is 1. The summed E-state index contributed by atoms with van der Waals surface area (Å²) in [5, 5.41) is 6.81. The maximum Gasteiger partial charge on any atom is 0.195 e. The lowest BCUT2D eigenvalue weighted by Gasteiger charge is -2.38. The quantitative estimate of drug-likeness (QED) is 0.746. The highest BCUT2D eigenvalue weighted by atomic mass is 32.2. The Kier molecular flexibility index (Phi) is 5.01. The van der Waals surface area contributed by atoms with Crippen LogP contribution in [0.2, 0.25) is 0 Å². The zero-order valence-electron chi connectivity index (χ0n) is 16.1. The molecule has 28 heavy (non-hydrogen) atoms. The number of carbonyl (C=O) groups excluding carboxylic acids is 1. The normalized spacial score (nSPS) is 25.0. The summed E-state index contributed by atoms with van der Waals surface area (Å²) in [5.74, 6) is 0.783. The van der Waals surface area contributed by atoms with Gasteiger partial charge in [-0.2, -0.15) is 5.10 Å². The van der Waals surface area contributed by atoms with E-state index in [1.54, 1.807) is 26.0 Å². The third-order valence-electron chi connectivity index (χ3n) is 5.85. The number of nitrogens with zero attached hydrogens (tertiary/aromatic N) is 2. The molecule has 7 nitrogen and oxygen atoms in total. The van der Waals surface area contributed by atoms with E-state index in [0.29, 0.717) is 21.8 Å². The van der Waals surface area contributed by atoms with Gasteiger partial charge in [-0.3, -0.25) is 14.8 Å². The molecule has 3 atom stereocenters. The van der Waals surface area contributed by atoms with E-state index < -0.39 is 9.84 Å². The van der Waals surface area contributed by atoms with Crippen molar-refractivity contribution in [1.82, 2.24) is 15.1 Å². The number of carbonyl (C=O) groups is 1. The molecule has 8 heteroatoms. The maximum atomic E-state index is 13.0. The minimum Gasteiger partial charge on any atom is -0.490 e. The molecule has 1 aromatic carbocycles. The Bertz CT molecular complexity index is 934. The van der Waals surface area contributed by atoms with E-state index in [1.165, 1.54) is 0 Å². The summed E-state index contributed by atoms with van der Waals surface area (Å²) >= 11 is 0. The van der Waals surface area contributed by atoms with Crippen LogP contribution in [0, 0.1) is 13.8 Å². The Morgan fingerprint density at radius 1 is 1.18 bits per heavy atom. The van der Waals surface area contributed by atoms with Crippen LogP contribution in [0.15, 0.2) is 29.2 Å². The fourth-order valence-corrected chi connectivity index (χ4v) is 6.56. The molecule has 1 N–H and O–H groups in total. The number of hydrogen-bond donors (Lipinski definition) is 1. The number of sulfone groups is 1. The van der Waals surface area contributed by atoms with Gasteiger partial charge in [-0.15, -0.1) is 0 Å². The first-order valence-electron chi connectivity index (χ1n) is 9.59. The van der Waals surface area contributed by atoms with E-state index in [0.717, 1.165) is 37.7 Å². The Morgan fingerprint density at radius 3 is 2.36 bits per heavy atom. The van der Waals surface area contributed by atoms with Crippen molar-refractivity contribution >= 4 is 16.1 Å². The molecular weight excluding hydrogens is 378 g/mol. The summed E-state index contributed by atoms with van der Waals surface area (Å²) < 4.78 is 32.1. The molecule has 3 heterocycles. The van der Waals surface area contributed by atoms with Crippen LogP contribution < -0.4 is 4.74 Å². The first-order chi connectivity index (χ1) is 13.4. The number of fused-ring (bicyclic) bond motifs is 2. The van der Waals surface area contributed by atoms with Gasteiger partial charge in [0.1, 0.15) is 28.9 Å². The molecule has 0 spiro atoms. The van der Waals surface area contributed by atoms with Crippen molar-refractivity contribution in [3.8, 4) is 5.75 Å². The number of rotatable bonds is 6. The second-order valence-corrected chi connectivity index (χ2v) is 9.70. The van der Waals surface area contributed by atoms with Gasteiger partial charge in [-0.25, -0.2) is 8.42 Å². The number of benzene rings is 1. The van der Waals surface area contributed by atoms with Crippen molar-refractivity contribution in [1.29, 1.82) is 0 Å². The smallest absolute Gasteiger partial charge is 0.195 e. The Balaban J connectivity index is 1.44. The first-order valence-corrected chi connectivity index (χ1v) is 11.2. The highest BCUT2D eigenvalue weighted by Gasteiger charge is 2.43. The summed E-state index contributed by atoms with van der Waals surface area (Å²) in [5.41, 5.74) is 1.75. The molecule has 2 saturated heterocycles. The molecular formula is C20H25N3O4S. The highest BCUT2D eigenvalue weighted by Crippen LogP contribution is 2.38. The minimum absolute atomic E-state index is 0.0320. The van der Waals surface area contributed by atoms with Crippen LogP contribution in [-0.4, -0.2) is 53.9 Å². The zero-order valence-corrected chi connectivity index (χ0v) is 16.9. The van der Waals surface area contributed by atoms with Crippen molar-refractivity contribution in [2.75, 3.05) is 5.88 Å². The molecule has 150 valence electrons. The van der Waals surface area contributed by atoms with Crippen molar-refractivity contribution in [2.45, 2.75) is 62.6 Å². The average Bonchev–Trinajstić information content (AvgIpc) is 3.10. The summed E-state index contributed by atoms with van der Waals surface area (Å²) in [6, 6.07) is 7.53. The third kappa shape index (κ3) is 3.58. The first kappa shape index (κ1) is 19.1. The molecule has 2 bridgehead atoms. The lowest BCUT2D eigenvalue weighted by Crippen LogP contribution is -2.48. The molecule has 0 radical (unpaired) electrons. The van der Waals surface area contributed by atoms with Gasteiger partial charge >= 0.3 is 0 Å². The topological polar surface area (TPSA) is 92.4 Å². The van der Waals surface area contributed by atoms with Crippen molar-refractivity contribution in [3.63, 3.8) is 0 Å². The van der Waals surface area contributed by atoms with Crippen LogP contribution in [0.1, 0.15) is 47.4 Å². The molecule has 4 rings (SSSR count). The highest BCUT2D eigenvalue weighted by molar-refractivity contribution is 7.91. The van der Waals surface area contributed by atoms with Crippen LogP contribution in [-0.2, 0) is 9.84 Å². The standard InChI is InChI=1S/C20H25N3O4S/c1-13-20(14(2)22-21-13)28(25,26)12-23-16-5-6-17(23)10-19(9-16)27-18-7-3-15(11-24)4-8-18/h3-4,7-8,11,16-17,19H,5-6,9-10,12H2,1-2H3,(H,21,22)/t16-,17+,19-. The van der Waals surface area contributed by atoms with E-state index >= 15 is 0 Å². The number of aryl methyl sites for hydroxylation is 2. The van der Waals surface area contributed by atoms with Crippen LogP contribution in [0.4, 0.5) is 0 Å². The average molecular weight is 404 g/mol. The van der Waals surface area contributed by atoms with Crippen molar-refractivity contribution < 1.29 is 17.9 Å². The second-order valence-electron chi connectivity index (χ2n) is 7.80. The van der Waals surface area contributed by atoms with Crippen LogP contribution >= 0.6 is 0 Å². The predicted molar refractivity (Wildman–Crippen MR) is 104 cm³/mol. The third-order valence-corrected chi connectivity index (χ3v) is 7.71. The Hall–Kier alpha value is -2.19.